The molecule has 0 aromatic rings. The Bertz CT molecular complexity index is 672. The molecule has 0 aliphatic heterocycles. The summed E-state index contributed by atoms with van der Waals surface area (Å²) >= 11 is 0. The second-order valence-corrected chi connectivity index (χ2v) is 13.2. The maximum Gasteiger partial charge on any atom is 0.509 e. The average Bonchev–Trinajstić information content (AvgIpc) is 3.01. The zero-order valence-corrected chi connectivity index (χ0v) is 29.4. The van der Waals surface area contributed by atoms with Crippen molar-refractivity contribution in [1.82, 2.24) is 0 Å². The van der Waals surface area contributed by atoms with Crippen LogP contribution in [0.15, 0.2) is 0 Å². The fourth-order valence-corrected chi connectivity index (χ4v) is 5.88. The lowest BCUT2D eigenvalue weighted by Crippen LogP contribution is -2.36. The van der Waals surface area contributed by atoms with Gasteiger partial charge in [0.2, 0.25) is 0 Å². The Kier molecular flexibility index (Phi) is 30.4. The number of unbranched alkanes of at least 4 members (excludes halogenated alkanes) is 18. The minimum Gasteiger partial charge on any atom is -0.481 e. The summed E-state index contributed by atoms with van der Waals surface area (Å²) in [5.74, 6) is -1.56. The number of ether oxygens (including phenoxy) is 2. The van der Waals surface area contributed by atoms with E-state index >= 15 is 0 Å². The van der Waals surface area contributed by atoms with Crippen molar-refractivity contribution in [3.63, 3.8) is 0 Å². The molecule has 0 rings (SSSR count). The molecule has 0 aliphatic carbocycles. The van der Waals surface area contributed by atoms with Gasteiger partial charge in [0, 0.05) is 12.8 Å². The summed E-state index contributed by atoms with van der Waals surface area (Å²) in [6.45, 7) is 4.36. The Balaban J connectivity index is 5.07. The highest BCUT2D eigenvalue weighted by Crippen LogP contribution is 2.22. The van der Waals surface area contributed by atoms with Gasteiger partial charge in [0.1, 0.15) is 12.2 Å². The topological polar surface area (TPSA) is 151 Å². The third-order valence-corrected chi connectivity index (χ3v) is 8.82. The first kappa shape index (κ1) is 44.1. The first-order valence-corrected chi connectivity index (χ1v) is 18.9. The molecule has 0 aromatic heterocycles. The first-order valence-electron chi connectivity index (χ1n) is 18.9. The van der Waals surface area contributed by atoms with Crippen LogP contribution in [0.5, 0.6) is 0 Å². The number of carboxylic acid groups (broad SMARTS) is 2. The van der Waals surface area contributed by atoms with Crippen LogP contribution in [0.2, 0.25) is 0 Å². The fraction of sp³-hybridized carbons (Fsp3) is 0.919. The van der Waals surface area contributed by atoms with E-state index in [1.807, 2.05) is 0 Å². The summed E-state index contributed by atoms with van der Waals surface area (Å²) in [5.41, 5.74) is 0. The van der Waals surface area contributed by atoms with Crippen molar-refractivity contribution in [1.29, 1.82) is 0 Å². The number of rotatable bonds is 34. The van der Waals surface area contributed by atoms with E-state index in [-0.39, 0.29) is 12.8 Å². The van der Waals surface area contributed by atoms with E-state index in [2.05, 4.69) is 13.8 Å². The minimum atomic E-state index is -0.845. The van der Waals surface area contributed by atoms with Crippen molar-refractivity contribution >= 4 is 18.1 Å². The predicted octanol–water partition coefficient (Wildman–Crippen LogP) is 9.73. The Morgan fingerprint density at radius 1 is 0.435 bits per heavy atom. The predicted molar refractivity (Wildman–Crippen MR) is 183 cm³/mol. The number of hydrogen-bond donors (Lipinski definition) is 4. The van der Waals surface area contributed by atoms with E-state index in [9.17, 15) is 24.6 Å². The maximum atomic E-state index is 13.1. The molecule has 0 radical (unpaired) electrons. The summed E-state index contributed by atoms with van der Waals surface area (Å²) in [6.07, 6.45) is 19.8. The van der Waals surface area contributed by atoms with Crippen LogP contribution in [0.4, 0.5) is 4.79 Å². The summed E-state index contributed by atoms with van der Waals surface area (Å²) < 4.78 is 11.5. The van der Waals surface area contributed by atoms with Crippen LogP contribution in [0.25, 0.3) is 0 Å². The van der Waals surface area contributed by atoms with Gasteiger partial charge in [0.25, 0.3) is 0 Å². The van der Waals surface area contributed by atoms with Gasteiger partial charge in [-0.15, -0.1) is 0 Å². The van der Waals surface area contributed by atoms with Crippen LogP contribution in [0.1, 0.15) is 194 Å². The normalized spacial score (nSPS) is 14.0. The van der Waals surface area contributed by atoms with E-state index in [0.717, 1.165) is 89.9 Å². The van der Waals surface area contributed by atoms with Crippen LogP contribution in [-0.4, -0.2) is 62.9 Å². The molecular weight excluding hydrogens is 588 g/mol. The Hall–Kier alpha value is -1.87. The van der Waals surface area contributed by atoms with E-state index < -0.39 is 42.5 Å². The lowest BCUT2D eigenvalue weighted by Gasteiger charge is -2.27. The van der Waals surface area contributed by atoms with E-state index in [4.69, 9.17) is 19.7 Å². The molecule has 46 heavy (non-hydrogen) atoms. The van der Waals surface area contributed by atoms with Crippen LogP contribution in [0, 0.1) is 0 Å². The molecule has 9 nitrogen and oxygen atoms in total. The van der Waals surface area contributed by atoms with Crippen LogP contribution >= 0.6 is 0 Å². The van der Waals surface area contributed by atoms with E-state index in [0.29, 0.717) is 38.5 Å². The largest absolute Gasteiger partial charge is 0.509 e. The van der Waals surface area contributed by atoms with Crippen molar-refractivity contribution < 1.29 is 44.3 Å². The summed E-state index contributed by atoms with van der Waals surface area (Å²) in [5, 5.41) is 39.7. The highest BCUT2D eigenvalue weighted by Gasteiger charge is 2.28. The van der Waals surface area contributed by atoms with Crippen LogP contribution < -0.4 is 0 Å². The van der Waals surface area contributed by atoms with Gasteiger partial charge in [0.15, 0.2) is 0 Å². The van der Waals surface area contributed by atoms with Crippen molar-refractivity contribution in [2.75, 3.05) is 0 Å². The van der Waals surface area contributed by atoms with Gasteiger partial charge in [-0.05, 0) is 51.4 Å². The molecule has 0 saturated heterocycles. The monoisotopic (exact) mass is 659 g/mol. The molecule has 9 heteroatoms. The molecule has 0 heterocycles. The van der Waals surface area contributed by atoms with Gasteiger partial charge in [-0.25, -0.2) is 4.79 Å². The fourth-order valence-electron chi connectivity index (χ4n) is 5.88. The van der Waals surface area contributed by atoms with Crippen molar-refractivity contribution in [3.8, 4) is 0 Å². The Morgan fingerprint density at radius 2 is 0.717 bits per heavy atom. The molecular formula is C37H70O9. The van der Waals surface area contributed by atoms with Gasteiger partial charge in [-0.3, -0.25) is 9.59 Å². The maximum absolute atomic E-state index is 13.1. The standard InChI is InChI=1S/C37H70O9/c1-3-5-7-9-13-19-25-31(38)33(27-21-15-11-17-23-29-35(40)41)45-37(44)46-34(28-22-16-12-18-24-30-36(42)43)32(39)26-20-14-10-8-6-4-2/h31-34,38-39H,3-30H2,1-2H3,(H,40,41)(H,42,43). The molecule has 4 unspecified atom stereocenters. The molecule has 0 fully saturated rings. The molecule has 272 valence electrons. The molecule has 0 saturated carbocycles. The highest BCUT2D eigenvalue weighted by atomic mass is 16.7. The molecule has 0 spiro atoms. The van der Waals surface area contributed by atoms with E-state index in [1.54, 1.807) is 0 Å². The smallest absolute Gasteiger partial charge is 0.481 e. The Morgan fingerprint density at radius 3 is 1.04 bits per heavy atom. The number of aliphatic carboxylic acids is 2. The number of carboxylic acids is 2. The lowest BCUT2D eigenvalue weighted by atomic mass is 9.99. The SMILES string of the molecule is CCCCCCCCC(O)C(CCCCCCCC(=O)O)OC(=O)OC(CCCCCCCC(=O)O)C(O)CCCCCCCC. The average molecular weight is 659 g/mol. The number of aliphatic hydroxyl groups excluding tert-OH is 2. The zero-order chi connectivity index (χ0) is 34.3. The lowest BCUT2D eigenvalue weighted by molar-refractivity contribution is -0.138. The first-order chi connectivity index (χ1) is 22.2. The van der Waals surface area contributed by atoms with Gasteiger partial charge in [0.05, 0.1) is 12.2 Å². The minimum absolute atomic E-state index is 0.172. The molecule has 0 aliphatic rings. The number of aliphatic hydroxyl groups is 2. The summed E-state index contributed by atoms with van der Waals surface area (Å²) in [6, 6.07) is 0. The van der Waals surface area contributed by atoms with Crippen LogP contribution in [0.3, 0.4) is 0 Å². The summed E-state index contributed by atoms with van der Waals surface area (Å²) in [7, 11) is 0. The molecule has 4 N–H and O–H groups in total. The van der Waals surface area contributed by atoms with Gasteiger partial charge in [-0.2, -0.15) is 0 Å². The Labute approximate surface area is 280 Å². The molecule has 4 atom stereocenters. The van der Waals surface area contributed by atoms with E-state index in [1.165, 1.54) is 38.5 Å². The quantitative estimate of drug-likeness (QED) is 0.0391. The second kappa shape index (κ2) is 31.7. The zero-order valence-electron chi connectivity index (χ0n) is 29.4. The number of carbonyl (C=O) groups excluding carboxylic acids is 1. The third-order valence-electron chi connectivity index (χ3n) is 8.82. The summed E-state index contributed by atoms with van der Waals surface area (Å²) in [4.78, 5) is 34.6. The highest BCUT2D eigenvalue weighted by molar-refractivity contribution is 5.66. The molecule has 0 bridgehead atoms. The third kappa shape index (κ3) is 28.4. The second-order valence-electron chi connectivity index (χ2n) is 13.2. The van der Waals surface area contributed by atoms with Crippen LogP contribution in [-0.2, 0) is 19.1 Å². The molecule has 0 aromatic carbocycles. The van der Waals surface area contributed by atoms with Gasteiger partial charge >= 0.3 is 18.1 Å². The van der Waals surface area contributed by atoms with Crippen molar-refractivity contribution in [3.05, 3.63) is 0 Å². The number of hydrogen-bond acceptors (Lipinski definition) is 7. The molecule has 0 amide bonds. The number of carbonyl (C=O) groups is 3. The van der Waals surface area contributed by atoms with Gasteiger partial charge < -0.3 is 29.9 Å². The van der Waals surface area contributed by atoms with Gasteiger partial charge in [-0.1, -0.05) is 129 Å². The van der Waals surface area contributed by atoms with Crippen molar-refractivity contribution in [2.45, 2.75) is 218 Å². The van der Waals surface area contributed by atoms with Crippen molar-refractivity contribution in [2.24, 2.45) is 0 Å².